The van der Waals surface area contributed by atoms with Crippen LogP contribution in [-0.2, 0) is 11.3 Å². The minimum atomic E-state index is -0.475. The predicted molar refractivity (Wildman–Crippen MR) is 107 cm³/mol. The van der Waals surface area contributed by atoms with Gasteiger partial charge in [-0.3, -0.25) is 4.90 Å². The van der Waals surface area contributed by atoms with E-state index >= 15 is 0 Å². The number of amides is 2. The highest BCUT2D eigenvalue weighted by Crippen LogP contribution is 2.21. The van der Waals surface area contributed by atoms with Crippen LogP contribution in [0.25, 0.3) is 0 Å². The molecule has 0 bridgehead atoms. The van der Waals surface area contributed by atoms with E-state index in [4.69, 9.17) is 9.47 Å². The van der Waals surface area contributed by atoms with Crippen LogP contribution in [0.4, 0.5) is 10.5 Å². The van der Waals surface area contributed by atoms with Gasteiger partial charge >= 0.3 is 12.0 Å². The topological polar surface area (TPSA) is 71.1 Å². The number of urea groups is 1. The number of benzene rings is 2. The number of nitrogens with zero attached hydrogens (tertiary/aromatic N) is 2. The standard InChI is InChI=1S/C21H25N3O4/c1-27-19-10-6-3-7-16(19)15-23-11-13-24(14-12-23)21(26)22-18-9-5-4-8-17(18)20(25)28-2/h3-10H,11-15H2,1-2H3,(H,22,26). The molecule has 3 rings (SSSR count). The van der Waals surface area contributed by atoms with E-state index in [0.29, 0.717) is 24.3 Å². The zero-order valence-electron chi connectivity index (χ0n) is 16.2. The Morgan fingerprint density at radius 3 is 2.36 bits per heavy atom. The van der Waals surface area contributed by atoms with Gasteiger partial charge in [0, 0.05) is 38.3 Å². The van der Waals surface area contributed by atoms with E-state index < -0.39 is 5.97 Å². The highest BCUT2D eigenvalue weighted by molar-refractivity contribution is 6.00. The number of esters is 1. The lowest BCUT2D eigenvalue weighted by Crippen LogP contribution is -2.49. The Labute approximate surface area is 164 Å². The van der Waals surface area contributed by atoms with Crippen LogP contribution in [-0.4, -0.2) is 62.2 Å². The van der Waals surface area contributed by atoms with Gasteiger partial charge < -0.3 is 19.7 Å². The second-order valence-electron chi connectivity index (χ2n) is 6.54. The Morgan fingerprint density at radius 1 is 0.964 bits per heavy atom. The van der Waals surface area contributed by atoms with Crippen LogP contribution in [0.2, 0.25) is 0 Å². The van der Waals surface area contributed by atoms with Crippen LogP contribution in [0.3, 0.4) is 0 Å². The lowest BCUT2D eigenvalue weighted by atomic mass is 10.1. The third kappa shape index (κ3) is 4.61. The monoisotopic (exact) mass is 383 g/mol. The third-order valence-electron chi connectivity index (χ3n) is 4.82. The first-order chi connectivity index (χ1) is 13.6. The van der Waals surface area contributed by atoms with Crippen LogP contribution in [0.5, 0.6) is 5.75 Å². The van der Waals surface area contributed by atoms with Crippen molar-refractivity contribution in [2.24, 2.45) is 0 Å². The van der Waals surface area contributed by atoms with Crippen molar-refractivity contribution in [3.05, 3.63) is 59.7 Å². The molecule has 2 amide bonds. The fourth-order valence-corrected chi connectivity index (χ4v) is 3.26. The van der Waals surface area contributed by atoms with Crippen molar-refractivity contribution < 1.29 is 19.1 Å². The first-order valence-electron chi connectivity index (χ1n) is 9.20. The van der Waals surface area contributed by atoms with E-state index in [1.54, 1.807) is 36.3 Å². The highest BCUT2D eigenvalue weighted by Gasteiger charge is 2.23. The zero-order chi connectivity index (χ0) is 19.9. The van der Waals surface area contributed by atoms with Gasteiger partial charge in [-0.25, -0.2) is 9.59 Å². The molecule has 1 N–H and O–H groups in total. The van der Waals surface area contributed by atoms with Crippen LogP contribution < -0.4 is 10.1 Å². The number of methoxy groups -OCH3 is 2. The predicted octanol–water partition coefficient (Wildman–Crippen LogP) is 2.83. The number of carbonyl (C=O) groups excluding carboxylic acids is 2. The van der Waals surface area contributed by atoms with Gasteiger partial charge in [0.15, 0.2) is 0 Å². The SMILES string of the molecule is COC(=O)c1ccccc1NC(=O)N1CCN(Cc2ccccc2OC)CC1. The summed E-state index contributed by atoms with van der Waals surface area (Å²) in [5, 5.41) is 2.83. The van der Waals surface area contributed by atoms with Gasteiger partial charge in [0.2, 0.25) is 0 Å². The van der Waals surface area contributed by atoms with Gasteiger partial charge in [-0.1, -0.05) is 30.3 Å². The fourth-order valence-electron chi connectivity index (χ4n) is 3.26. The Balaban J connectivity index is 1.57. The van der Waals surface area contributed by atoms with Crippen LogP contribution in [0.1, 0.15) is 15.9 Å². The molecule has 0 saturated carbocycles. The number of rotatable bonds is 5. The molecule has 2 aromatic rings. The lowest BCUT2D eigenvalue weighted by molar-refractivity contribution is 0.0602. The average Bonchev–Trinajstić information content (AvgIpc) is 2.74. The molecule has 0 aromatic heterocycles. The van der Waals surface area contributed by atoms with Gasteiger partial charge in [-0.2, -0.15) is 0 Å². The Bertz CT molecular complexity index is 832. The number of ether oxygens (including phenoxy) is 2. The molecule has 0 atom stereocenters. The van der Waals surface area contributed by atoms with Gasteiger partial charge in [-0.05, 0) is 18.2 Å². The molecule has 2 aromatic carbocycles. The first-order valence-corrected chi connectivity index (χ1v) is 9.20. The van der Waals surface area contributed by atoms with Crippen molar-refractivity contribution in [2.45, 2.75) is 6.54 Å². The quantitative estimate of drug-likeness (QED) is 0.804. The van der Waals surface area contributed by atoms with Crippen molar-refractivity contribution in [1.29, 1.82) is 0 Å². The van der Waals surface area contributed by atoms with Crippen molar-refractivity contribution >= 4 is 17.7 Å². The number of hydrogen-bond acceptors (Lipinski definition) is 5. The molecule has 1 fully saturated rings. The molecule has 7 heteroatoms. The second kappa shape index (κ2) is 9.23. The molecule has 0 unspecified atom stereocenters. The Morgan fingerprint density at radius 2 is 1.64 bits per heavy atom. The number of piperazine rings is 1. The molecule has 1 heterocycles. The fraction of sp³-hybridized carbons (Fsp3) is 0.333. The molecular weight excluding hydrogens is 358 g/mol. The lowest BCUT2D eigenvalue weighted by Gasteiger charge is -2.35. The molecule has 148 valence electrons. The maximum atomic E-state index is 12.6. The summed E-state index contributed by atoms with van der Waals surface area (Å²) in [5.41, 5.74) is 1.93. The van der Waals surface area contributed by atoms with Gasteiger partial charge in [0.05, 0.1) is 25.5 Å². The smallest absolute Gasteiger partial charge is 0.339 e. The minimum absolute atomic E-state index is 0.215. The van der Waals surface area contributed by atoms with Crippen molar-refractivity contribution in [3.8, 4) is 5.75 Å². The molecule has 0 aliphatic carbocycles. The number of para-hydroxylation sites is 2. The molecule has 7 nitrogen and oxygen atoms in total. The molecular formula is C21H25N3O4. The minimum Gasteiger partial charge on any atom is -0.496 e. The summed E-state index contributed by atoms with van der Waals surface area (Å²) >= 11 is 0. The van der Waals surface area contributed by atoms with E-state index in [2.05, 4.69) is 16.3 Å². The third-order valence-corrected chi connectivity index (χ3v) is 4.82. The number of nitrogens with one attached hydrogen (secondary N) is 1. The van der Waals surface area contributed by atoms with E-state index in [-0.39, 0.29) is 6.03 Å². The first kappa shape index (κ1) is 19.7. The summed E-state index contributed by atoms with van der Waals surface area (Å²) in [5.74, 6) is 0.402. The molecule has 1 aliphatic rings. The van der Waals surface area contributed by atoms with Gasteiger partial charge in [0.1, 0.15) is 5.75 Å². The van der Waals surface area contributed by atoms with Crippen LogP contribution >= 0.6 is 0 Å². The van der Waals surface area contributed by atoms with E-state index in [1.807, 2.05) is 18.2 Å². The molecule has 0 spiro atoms. The van der Waals surface area contributed by atoms with E-state index in [9.17, 15) is 9.59 Å². The molecule has 28 heavy (non-hydrogen) atoms. The number of anilines is 1. The highest BCUT2D eigenvalue weighted by atomic mass is 16.5. The number of hydrogen-bond donors (Lipinski definition) is 1. The molecule has 1 saturated heterocycles. The van der Waals surface area contributed by atoms with Crippen molar-refractivity contribution in [2.75, 3.05) is 45.7 Å². The summed E-state index contributed by atoms with van der Waals surface area (Å²) in [6.45, 7) is 3.54. The average molecular weight is 383 g/mol. The van der Waals surface area contributed by atoms with E-state index in [0.717, 1.165) is 30.9 Å². The van der Waals surface area contributed by atoms with Gasteiger partial charge in [0.25, 0.3) is 0 Å². The second-order valence-corrected chi connectivity index (χ2v) is 6.54. The maximum Gasteiger partial charge on any atom is 0.339 e. The summed E-state index contributed by atoms with van der Waals surface area (Å²) < 4.78 is 10.2. The summed E-state index contributed by atoms with van der Waals surface area (Å²) in [6, 6.07) is 14.6. The summed E-state index contributed by atoms with van der Waals surface area (Å²) in [6.07, 6.45) is 0. The molecule has 1 aliphatic heterocycles. The van der Waals surface area contributed by atoms with Crippen LogP contribution in [0, 0.1) is 0 Å². The maximum absolute atomic E-state index is 12.6. The van der Waals surface area contributed by atoms with E-state index in [1.165, 1.54) is 7.11 Å². The Hall–Kier alpha value is -3.06. The van der Waals surface area contributed by atoms with Crippen molar-refractivity contribution in [3.63, 3.8) is 0 Å². The molecule has 0 radical (unpaired) electrons. The Kier molecular flexibility index (Phi) is 6.49. The number of carbonyl (C=O) groups is 2. The van der Waals surface area contributed by atoms with Gasteiger partial charge in [-0.15, -0.1) is 0 Å². The summed E-state index contributed by atoms with van der Waals surface area (Å²) in [4.78, 5) is 28.5. The zero-order valence-corrected chi connectivity index (χ0v) is 16.2. The van der Waals surface area contributed by atoms with Crippen LogP contribution in [0.15, 0.2) is 48.5 Å². The summed E-state index contributed by atoms with van der Waals surface area (Å²) in [7, 11) is 3.00. The normalized spacial score (nSPS) is 14.4. The van der Waals surface area contributed by atoms with Crippen molar-refractivity contribution in [1.82, 2.24) is 9.80 Å². The largest absolute Gasteiger partial charge is 0.496 e.